The van der Waals surface area contributed by atoms with Gasteiger partial charge in [-0.2, -0.15) is 0 Å². The Kier molecular flexibility index (Phi) is 6.00. The number of benzene rings is 3. The molecule has 3 aromatic rings. The molecule has 3 rings (SSSR count). The predicted octanol–water partition coefficient (Wildman–Crippen LogP) is 3.57. The Bertz CT molecular complexity index is 919. The number of carbonyl (C=O) groups is 2. The van der Waals surface area contributed by atoms with Gasteiger partial charge in [0.1, 0.15) is 0 Å². The second kappa shape index (κ2) is 8.81. The van der Waals surface area contributed by atoms with Gasteiger partial charge in [0.15, 0.2) is 0 Å². The molecular formula is C23H22N2O2. The molecule has 0 aliphatic heterocycles. The number of hydrogen-bond acceptors (Lipinski definition) is 2. The molecule has 0 saturated carbocycles. The highest BCUT2D eigenvalue weighted by molar-refractivity contribution is 5.96. The van der Waals surface area contributed by atoms with Crippen molar-refractivity contribution in [2.75, 3.05) is 7.05 Å². The van der Waals surface area contributed by atoms with Crippen LogP contribution in [0.2, 0.25) is 0 Å². The van der Waals surface area contributed by atoms with E-state index in [2.05, 4.69) is 22.8 Å². The van der Waals surface area contributed by atoms with Crippen LogP contribution in [0.1, 0.15) is 37.4 Å². The lowest BCUT2D eigenvalue weighted by Gasteiger charge is -2.11. The summed E-state index contributed by atoms with van der Waals surface area (Å²) in [5, 5.41) is 5.55. The largest absolute Gasteiger partial charge is 0.355 e. The summed E-state index contributed by atoms with van der Waals surface area (Å²) in [5.41, 5.74) is 4.39. The first-order valence-corrected chi connectivity index (χ1v) is 8.88. The maximum atomic E-state index is 12.7. The van der Waals surface area contributed by atoms with Gasteiger partial charge in [0.05, 0.1) is 0 Å². The van der Waals surface area contributed by atoms with Crippen molar-refractivity contribution in [3.63, 3.8) is 0 Å². The van der Waals surface area contributed by atoms with Crippen molar-refractivity contribution in [2.24, 2.45) is 0 Å². The molecule has 4 nitrogen and oxygen atoms in total. The molecule has 0 aliphatic rings. The monoisotopic (exact) mass is 358 g/mol. The predicted molar refractivity (Wildman–Crippen MR) is 107 cm³/mol. The normalized spacial score (nSPS) is 10.3. The molecule has 4 heteroatoms. The molecule has 0 radical (unpaired) electrons. The van der Waals surface area contributed by atoms with E-state index < -0.39 is 0 Å². The SMILES string of the molecule is CNC(=O)c1ccc(CNC(=O)c2ccccc2Cc2ccccc2)cc1. The fourth-order valence-corrected chi connectivity index (χ4v) is 2.91. The van der Waals surface area contributed by atoms with Gasteiger partial charge in [-0.25, -0.2) is 0 Å². The van der Waals surface area contributed by atoms with Crippen molar-refractivity contribution in [2.45, 2.75) is 13.0 Å². The van der Waals surface area contributed by atoms with E-state index in [0.717, 1.165) is 11.1 Å². The lowest BCUT2D eigenvalue weighted by Crippen LogP contribution is -2.24. The fraction of sp³-hybridized carbons (Fsp3) is 0.130. The first-order chi connectivity index (χ1) is 13.2. The maximum Gasteiger partial charge on any atom is 0.251 e. The number of amides is 2. The summed E-state index contributed by atoms with van der Waals surface area (Å²) >= 11 is 0. The third-order valence-corrected chi connectivity index (χ3v) is 4.40. The van der Waals surface area contributed by atoms with Crippen LogP contribution < -0.4 is 10.6 Å². The molecule has 2 amide bonds. The first-order valence-electron chi connectivity index (χ1n) is 8.88. The van der Waals surface area contributed by atoms with Crippen LogP contribution in [0.3, 0.4) is 0 Å². The average molecular weight is 358 g/mol. The van der Waals surface area contributed by atoms with Crippen LogP contribution in [0, 0.1) is 0 Å². The number of carbonyl (C=O) groups excluding carboxylic acids is 2. The second-order valence-electron chi connectivity index (χ2n) is 6.28. The van der Waals surface area contributed by atoms with Gasteiger partial charge in [-0.3, -0.25) is 9.59 Å². The zero-order valence-corrected chi connectivity index (χ0v) is 15.2. The van der Waals surface area contributed by atoms with Gasteiger partial charge in [0.25, 0.3) is 11.8 Å². The summed E-state index contributed by atoms with van der Waals surface area (Å²) in [6, 6.07) is 25.0. The zero-order chi connectivity index (χ0) is 19.1. The Morgan fingerprint density at radius 2 is 1.41 bits per heavy atom. The highest BCUT2D eigenvalue weighted by atomic mass is 16.2. The van der Waals surface area contributed by atoms with Crippen LogP contribution in [0.5, 0.6) is 0 Å². The van der Waals surface area contributed by atoms with Gasteiger partial charge in [-0.1, -0.05) is 60.7 Å². The highest BCUT2D eigenvalue weighted by Crippen LogP contribution is 2.15. The van der Waals surface area contributed by atoms with Gasteiger partial charge in [-0.05, 0) is 41.3 Å². The van der Waals surface area contributed by atoms with E-state index in [-0.39, 0.29) is 11.8 Å². The third kappa shape index (κ3) is 4.82. The van der Waals surface area contributed by atoms with Gasteiger partial charge >= 0.3 is 0 Å². The van der Waals surface area contributed by atoms with Crippen molar-refractivity contribution in [3.05, 3.63) is 107 Å². The summed E-state index contributed by atoms with van der Waals surface area (Å²) in [6.07, 6.45) is 0.714. The molecule has 2 N–H and O–H groups in total. The van der Waals surface area contributed by atoms with Crippen molar-refractivity contribution in [1.82, 2.24) is 10.6 Å². The molecule has 0 unspecified atom stereocenters. The topological polar surface area (TPSA) is 58.2 Å². The molecule has 0 spiro atoms. The third-order valence-electron chi connectivity index (χ3n) is 4.40. The Labute approximate surface area is 159 Å². The molecule has 3 aromatic carbocycles. The molecule has 0 heterocycles. The fourth-order valence-electron chi connectivity index (χ4n) is 2.91. The minimum absolute atomic E-state index is 0.100. The molecule has 0 bridgehead atoms. The molecule has 136 valence electrons. The van der Waals surface area contributed by atoms with Crippen molar-refractivity contribution >= 4 is 11.8 Å². The maximum absolute atomic E-state index is 12.7. The summed E-state index contributed by atoms with van der Waals surface area (Å²) in [7, 11) is 1.60. The van der Waals surface area contributed by atoms with Crippen molar-refractivity contribution < 1.29 is 9.59 Å². The standard InChI is InChI=1S/C23H22N2O2/c1-24-22(26)19-13-11-18(12-14-19)16-25-23(27)21-10-6-5-9-20(21)15-17-7-3-2-4-8-17/h2-14H,15-16H2,1H3,(H,24,26)(H,25,27). The second-order valence-corrected chi connectivity index (χ2v) is 6.28. The quantitative estimate of drug-likeness (QED) is 0.708. The van der Waals surface area contributed by atoms with E-state index in [1.165, 1.54) is 5.56 Å². The highest BCUT2D eigenvalue weighted by Gasteiger charge is 2.11. The molecule has 0 atom stereocenters. The van der Waals surface area contributed by atoms with E-state index in [4.69, 9.17) is 0 Å². The molecule has 0 aliphatic carbocycles. The van der Waals surface area contributed by atoms with Gasteiger partial charge in [-0.15, -0.1) is 0 Å². The summed E-state index contributed by atoms with van der Waals surface area (Å²) in [4.78, 5) is 24.3. The van der Waals surface area contributed by atoms with Crippen LogP contribution >= 0.6 is 0 Å². The van der Waals surface area contributed by atoms with Crippen LogP contribution in [0.25, 0.3) is 0 Å². The zero-order valence-electron chi connectivity index (χ0n) is 15.2. The smallest absolute Gasteiger partial charge is 0.251 e. The van der Waals surface area contributed by atoms with Crippen LogP contribution in [-0.4, -0.2) is 18.9 Å². The summed E-state index contributed by atoms with van der Waals surface area (Å²) < 4.78 is 0. The van der Waals surface area contributed by atoms with Crippen LogP contribution in [0.4, 0.5) is 0 Å². The van der Waals surface area contributed by atoms with Gasteiger partial charge < -0.3 is 10.6 Å². The van der Waals surface area contributed by atoms with Crippen LogP contribution in [0.15, 0.2) is 78.9 Å². The summed E-state index contributed by atoms with van der Waals surface area (Å²) in [6.45, 7) is 0.409. The number of rotatable bonds is 6. The Morgan fingerprint density at radius 1 is 0.741 bits per heavy atom. The number of hydrogen-bond donors (Lipinski definition) is 2. The Morgan fingerprint density at radius 3 is 2.11 bits per heavy atom. The van der Waals surface area contributed by atoms with E-state index >= 15 is 0 Å². The van der Waals surface area contributed by atoms with E-state index in [1.54, 1.807) is 19.2 Å². The van der Waals surface area contributed by atoms with Crippen molar-refractivity contribution in [3.8, 4) is 0 Å². The Balaban J connectivity index is 1.67. The summed E-state index contributed by atoms with van der Waals surface area (Å²) in [5.74, 6) is -0.225. The minimum Gasteiger partial charge on any atom is -0.355 e. The van der Waals surface area contributed by atoms with E-state index in [1.807, 2.05) is 54.6 Å². The van der Waals surface area contributed by atoms with E-state index in [9.17, 15) is 9.59 Å². The molecule has 0 saturated heterocycles. The lowest BCUT2D eigenvalue weighted by molar-refractivity contribution is 0.0945. The average Bonchev–Trinajstić information content (AvgIpc) is 2.73. The first kappa shape index (κ1) is 18.4. The number of nitrogens with one attached hydrogen (secondary N) is 2. The minimum atomic E-state index is -0.125. The van der Waals surface area contributed by atoms with Crippen LogP contribution in [-0.2, 0) is 13.0 Å². The van der Waals surface area contributed by atoms with E-state index in [0.29, 0.717) is 24.1 Å². The van der Waals surface area contributed by atoms with Crippen molar-refractivity contribution in [1.29, 1.82) is 0 Å². The van der Waals surface area contributed by atoms with Gasteiger partial charge in [0.2, 0.25) is 0 Å². The molecule has 27 heavy (non-hydrogen) atoms. The van der Waals surface area contributed by atoms with Gasteiger partial charge in [0, 0.05) is 24.7 Å². The molecular weight excluding hydrogens is 336 g/mol. The lowest BCUT2D eigenvalue weighted by atomic mass is 9.99. The molecule has 0 aromatic heterocycles. The Hall–Kier alpha value is -3.40. The molecule has 0 fully saturated rings.